The molecule has 0 saturated heterocycles. The summed E-state index contributed by atoms with van der Waals surface area (Å²) in [4.78, 5) is 2.34. The summed E-state index contributed by atoms with van der Waals surface area (Å²) in [6, 6.07) is 71.7. The molecular weight excluding hydrogens is 631 g/mol. The second-order valence-corrected chi connectivity index (χ2v) is 13.4. The van der Waals surface area contributed by atoms with E-state index in [1.54, 1.807) is 0 Å². The van der Waals surface area contributed by atoms with Crippen molar-refractivity contribution in [1.82, 2.24) is 0 Å². The molecule has 1 heterocycles. The zero-order chi connectivity index (χ0) is 34.4. The largest absolute Gasteiger partial charge is 0.456 e. The van der Waals surface area contributed by atoms with Gasteiger partial charge in [0.2, 0.25) is 0 Å². The topological polar surface area (TPSA) is 16.4 Å². The van der Waals surface area contributed by atoms with Crippen LogP contribution in [0.5, 0.6) is 0 Å². The quantitative estimate of drug-likeness (QED) is 0.165. The average molecular weight is 664 g/mol. The number of furan rings is 1. The number of benzene rings is 9. The highest BCUT2D eigenvalue weighted by atomic mass is 16.3. The fraction of sp³-hybridized carbons (Fsp3) is 0. The smallest absolute Gasteiger partial charge is 0.136 e. The molecule has 0 unspecified atom stereocenters. The molecule has 10 aromatic rings. The van der Waals surface area contributed by atoms with Crippen molar-refractivity contribution in [1.29, 1.82) is 0 Å². The monoisotopic (exact) mass is 663 g/mol. The molecule has 0 spiro atoms. The Morgan fingerprint density at radius 2 is 0.788 bits per heavy atom. The van der Waals surface area contributed by atoms with Crippen molar-refractivity contribution in [3.05, 3.63) is 200 Å². The highest BCUT2D eigenvalue weighted by molar-refractivity contribution is 6.17. The molecule has 9 aromatic carbocycles. The lowest BCUT2D eigenvalue weighted by Gasteiger charge is -2.26. The molecule has 0 bridgehead atoms. The second-order valence-electron chi connectivity index (χ2n) is 13.4. The molecule has 244 valence electrons. The number of para-hydroxylation sites is 2. The fourth-order valence-electron chi connectivity index (χ4n) is 7.59. The van der Waals surface area contributed by atoms with Crippen molar-refractivity contribution < 1.29 is 4.42 Å². The van der Waals surface area contributed by atoms with Crippen LogP contribution in [0.4, 0.5) is 17.1 Å². The van der Waals surface area contributed by atoms with Crippen LogP contribution in [0.3, 0.4) is 0 Å². The Balaban J connectivity index is 1.01. The molecule has 0 N–H and O–H groups in total. The lowest BCUT2D eigenvalue weighted by Crippen LogP contribution is -2.09. The van der Waals surface area contributed by atoms with Gasteiger partial charge in [-0.15, -0.1) is 0 Å². The molecule has 0 fully saturated rings. The number of hydrogen-bond donors (Lipinski definition) is 0. The van der Waals surface area contributed by atoms with Gasteiger partial charge in [0.1, 0.15) is 11.2 Å². The van der Waals surface area contributed by atoms with E-state index in [-0.39, 0.29) is 0 Å². The van der Waals surface area contributed by atoms with Crippen molar-refractivity contribution in [2.75, 3.05) is 4.90 Å². The van der Waals surface area contributed by atoms with Gasteiger partial charge in [0.25, 0.3) is 0 Å². The maximum atomic E-state index is 6.23. The first kappa shape index (κ1) is 30.0. The molecule has 0 aliphatic rings. The number of anilines is 3. The summed E-state index contributed by atoms with van der Waals surface area (Å²) >= 11 is 0. The summed E-state index contributed by atoms with van der Waals surface area (Å²) in [5, 5.41) is 7.10. The zero-order valence-electron chi connectivity index (χ0n) is 28.4. The average Bonchev–Trinajstić information content (AvgIpc) is 3.59. The van der Waals surface area contributed by atoms with E-state index in [1.165, 1.54) is 54.9 Å². The maximum Gasteiger partial charge on any atom is 0.136 e. The minimum atomic E-state index is 0.918. The molecule has 1 aromatic heterocycles. The van der Waals surface area contributed by atoms with E-state index in [0.29, 0.717) is 0 Å². The number of hydrogen-bond acceptors (Lipinski definition) is 2. The first-order chi connectivity index (χ1) is 25.7. The zero-order valence-corrected chi connectivity index (χ0v) is 28.4. The van der Waals surface area contributed by atoms with Gasteiger partial charge in [-0.3, -0.25) is 0 Å². The third-order valence-electron chi connectivity index (χ3n) is 10.2. The van der Waals surface area contributed by atoms with Crippen molar-refractivity contribution in [3.63, 3.8) is 0 Å². The molecule has 0 atom stereocenters. The van der Waals surface area contributed by atoms with Gasteiger partial charge >= 0.3 is 0 Å². The van der Waals surface area contributed by atoms with E-state index in [1.807, 2.05) is 12.1 Å². The summed E-state index contributed by atoms with van der Waals surface area (Å²) < 4.78 is 6.23. The van der Waals surface area contributed by atoms with Gasteiger partial charge in [0.15, 0.2) is 0 Å². The van der Waals surface area contributed by atoms with Gasteiger partial charge in [-0.25, -0.2) is 0 Å². The third-order valence-corrected chi connectivity index (χ3v) is 10.2. The number of nitrogens with zero attached hydrogens (tertiary/aromatic N) is 1. The van der Waals surface area contributed by atoms with Crippen LogP contribution in [-0.2, 0) is 0 Å². The summed E-state index contributed by atoms with van der Waals surface area (Å²) in [5.74, 6) is 0. The van der Waals surface area contributed by atoms with Crippen molar-refractivity contribution in [2.24, 2.45) is 0 Å². The summed E-state index contributed by atoms with van der Waals surface area (Å²) in [5.41, 5.74) is 12.4. The Hall–Kier alpha value is -6.90. The van der Waals surface area contributed by atoms with E-state index >= 15 is 0 Å². The van der Waals surface area contributed by atoms with Crippen LogP contribution in [0.15, 0.2) is 205 Å². The van der Waals surface area contributed by atoms with Crippen LogP contribution in [0.1, 0.15) is 0 Å². The highest BCUT2D eigenvalue weighted by Crippen LogP contribution is 2.40. The molecule has 0 aliphatic heterocycles. The first-order valence-corrected chi connectivity index (χ1v) is 17.7. The summed E-state index contributed by atoms with van der Waals surface area (Å²) in [6.45, 7) is 0. The summed E-state index contributed by atoms with van der Waals surface area (Å²) in [6.07, 6.45) is 0. The highest BCUT2D eigenvalue weighted by Gasteiger charge is 2.15. The Bertz CT molecular complexity index is 2870. The van der Waals surface area contributed by atoms with Crippen molar-refractivity contribution >= 4 is 60.5 Å². The normalized spacial score (nSPS) is 11.5. The maximum absolute atomic E-state index is 6.23. The lowest BCUT2D eigenvalue weighted by atomic mass is 9.97. The van der Waals surface area contributed by atoms with Crippen LogP contribution in [-0.4, -0.2) is 0 Å². The van der Waals surface area contributed by atoms with E-state index in [0.717, 1.165) is 39.0 Å². The molecule has 10 rings (SSSR count). The fourth-order valence-corrected chi connectivity index (χ4v) is 7.59. The van der Waals surface area contributed by atoms with E-state index in [4.69, 9.17) is 4.42 Å². The van der Waals surface area contributed by atoms with Crippen LogP contribution < -0.4 is 4.90 Å². The van der Waals surface area contributed by atoms with Crippen LogP contribution in [0.25, 0.3) is 76.9 Å². The molecule has 0 aliphatic carbocycles. The van der Waals surface area contributed by atoms with E-state index in [2.05, 4.69) is 193 Å². The predicted octanol–water partition coefficient (Wildman–Crippen LogP) is 14.4. The van der Waals surface area contributed by atoms with Crippen LogP contribution >= 0.6 is 0 Å². The minimum Gasteiger partial charge on any atom is -0.456 e. The Kier molecular flexibility index (Phi) is 7.18. The Morgan fingerprint density at radius 1 is 0.269 bits per heavy atom. The molecule has 2 nitrogen and oxygen atoms in total. The van der Waals surface area contributed by atoms with Gasteiger partial charge in [-0.1, -0.05) is 140 Å². The van der Waals surface area contributed by atoms with Crippen molar-refractivity contribution in [2.45, 2.75) is 0 Å². The number of rotatable bonds is 6. The van der Waals surface area contributed by atoms with E-state index < -0.39 is 0 Å². The second kappa shape index (κ2) is 12.5. The van der Waals surface area contributed by atoms with Gasteiger partial charge in [-0.2, -0.15) is 0 Å². The summed E-state index contributed by atoms with van der Waals surface area (Å²) in [7, 11) is 0. The SMILES string of the molecule is c1ccc(-c2cccc(-c3ccc(-c4ccc(N(c5ccccc5)c5ccc6ccc7cc8oc9ccccc9c8cc7c6c5)cc4)cc3)c2)cc1. The van der Waals surface area contributed by atoms with Gasteiger partial charge < -0.3 is 9.32 Å². The molecule has 2 heteroatoms. The minimum absolute atomic E-state index is 0.918. The number of fused-ring (bicyclic) bond motifs is 6. The molecule has 0 radical (unpaired) electrons. The van der Waals surface area contributed by atoms with Crippen LogP contribution in [0, 0.1) is 0 Å². The standard InChI is InChI=1S/C50H33NO/c1-3-10-34(11-4-1)39-12-9-13-40(30-39)37-20-18-35(19-21-37)36-24-27-43(28-25-36)51(42-14-5-2-6-15-42)44-29-26-38-22-23-41-31-50-48(33-47(41)46(38)32-44)45-16-7-8-17-49(45)52-50/h1-33H. The molecule has 52 heavy (non-hydrogen) atoms. The Morgan fingerprint density at radius 3 is 1.54 bits per heavy atom. The van der Waals surface area contributed by atoms with Crippen LogP contribution in [0.2, 0.25) is 0 Å². The van der Waals surface area contributed by atoms with Crippen molar-refractivity contribution in [3.8, 4) is 33.4 Å². The first-order valence-electron chi connectivity index (χ1n) is 17.7. The molecular formula is C50H33NO. The molecule has 0 saturated carbocycles. The molecule has 0 amide bonds. The van der Waals surface area contributed by atoms with E-state index in [9.17, 15) is 0 Å². The predicted molar refractivity (Wildman–Crippen MR) is 220 cm³/mol. The van der Waals surface area contributed by atoms with Gasteiger partial charge in [-0.05, 0) is 116 Å². The van der Waals surface area contributed by atoms with Gasteiger partial charge in [0.05, 0.1) is 0 Å². The third kappa shape index (κ3) is 5.30. The Labute approximate surface area is 302 Å². The van der Waals surface area contributed by atoms with Gasteiger partial charge in [0, 0.05) is 27.8 Å². The lowest BCUT2D eigenvalue weighted by molar-refractivity contribution is 0.669.